The number of aliphatic imine (C=N–C) groups is 1. The maximum absolute atomic E-state index is 11.6. The molecule has 1 heterocycles. The summed E-state index contributed by atoms with van der Waals surface area (Å²) in [6, 6.07) is 11.9. The van der Waals surface area contributed by atoms with E-state index in [4.69, 9.17) is 0 Å². The SMILES string of the molecule is CCCC(=O)Nc1ccc(CNC(=NC)NCCn2cccc2)cc1. The summed E-state index contributed by atoms with van der Waals surface area (Å²) in [6.45, 7) is 4.36. The normalized spacial score (nSPS) is 11.2. The van der Waals surface area contributed by atoms with E-state index in [1.165, 1.54) is 0 Å². The third-order valence-electron chi connectivity index (χ3n) is 3.73. The Morgan fingerprint density at radius 2 is 1.84 bits per heavy atom. The molecule has 6 heteroatoms. The lowest BCUT2D eigenvalue weighted by molar-refractivity contribution is -0.116. The molecule has 0 aliphatic carbocycles. The Bertz CT molecular complexity index is 662. The van der Waals surface area contributed by atoms with E-state index < -0.39 is 0 Å². The maximum atomic E-state index is 11.6. The highest BCUT2D eigenvalue weighted by Crippen LogP contribution is 2.10. The van der Waals surface area contributed by atoms with Crippen LogP contribution in [0.2, 0.25) is 0 Å². The summed E-state index contributed by atoms with van der Waals surface area (Å²) < 4.78 is 2.12. The number of hydrogen-bond acceptors (Lipinski definition) is 2. The standard InChI is InChI=1S/C19H27N5O/c1-3-6-18(25)23-17-9-7-16(8-10-17)15-22-19(20-2)21-11-14-24-12-4-5-13-24/h4-5,7-10,12-13H,3,6,11,14-15H2,1-2H3,(H,23,25)(H2,20,21,22). The third-order valence-corrected chi connectivity index (χ3v) is 3.73. The van der Waals surface area contributed by atoms with Crippen molar-refractivity contribution in [3.8, 4) is 0 Å². The largest absolute Gasteiger partial charge is 0.355 e. The first-order valence-electron chi connectivity index (χ1n) is 8.65. The van der Waals surface area contributed by atoms with Crippen molar-refractivity contribution in [1.29, 1.82) is 0 Å². The molecule has 0 atom stereocenters. The fourth-order valence-corrected chi connectivity index (χ4v) is 2.39. The number of nitrogens with one attached hydrogen (secondary N) is 3. The molecule has 0 unspecified atom stereocenters. The van der Waals surface area contributed by atoms with Crippen molar-refractivity contribution in [2.45, 2.75) is 32.9 Å². The van der Waals surface area contributed by atoms with Crippen molar-refractivity contribution in [1.82, 2.24) is 15.2 Å². The van der Waals surface area contributed by atoms with Crippen molar-refractivity contribution >= 4 is 17.6 Å². The zero-order chi connectivity index (χ0) is 17.9. The number of carbonyl (C=O) groups excluding carboxylic acids is 1. The second kappa shape index (κ2) is 10.2. The highest BCUT2D eigenvalue weighted by atomic mass is 16.1. The van der Waals surface area contributed by atoms with Gasteiger partial charge in [0, 0.05) is 51.2 Å². The van der Waals surface area contributed by atoms with E-state index in [-0.39, 0.29) is 5.91 Å². The molecule has 0 aliphatic heterocycles. The molecule has 0 saturated carbocycles. The average Bonchev–Trinajstić information content (AvgIpc) is 3.13. The van der Waals surface area contributed by atoms with Crippen LogP contribution >= 0.6 is 0 Å². The van der Waals surface area contributed by atoms with Gasteiger partial charge in [-0.2, -0.15) is 0 Å². The summed E-state index contributed by atoms with van der Waals surface area (Å²) >= 11 is 0. The Balaban J connectivity index is 1.74. The molecular weight excluding hydrogens is 314 g/mol. The van der Waals surface area contributed by atoms with Crippen LogP contribution in [0.25, 0.3) is 0 Å². The molecule has 0 spiro atoms. The van der Waals surface area contributed by atoms with Crippen LogP contribution in [0.1, 0.15) is 25.3 Å². The molecule has 3 N–H and O–H groups in total. The third kappa shape index (κ3) is 6.71. The van der Waals surface area contributed by atoms with E-state index in [1.807, 2.05) is 55.7 Å². The molecule has 0 radical (unpaired) electrons. The van der Waals surface area contributed by atoms with Crippen LogP contribution in [0.4, 0.5) is 5.69 Å². The van der Waals surface area contributed by atoms with Gasteiger partial charge in [-0.3, -0.25) is 9.79 Å². The highest BCUT2D eigenvalue weighted by Gasteiger charge is 2.02. The Hall–Kier alpha value is -2.76. The van der Waals surface area contributed by atoms with Crippen LogP contribution in [-0.2, 0) is 17.9 Å². The zero-order valence-electron chi connectivity index (χ0n) is 15.0. The van der Waals surface area contributed by atoms with Gasteiger partial charge < -0.3 is 20.5 Å². The van der Waals surface area contributed by atoms with Crippen molar-refractivity contribution in [3.05, 3.63) is 54.4 Å². The fraction of sp³-hybridized carbons (Fsp3) is 0.368. The number of carbonyl (C=O) groups is 1. The number of nitrogens with zero attached hydrogens (tertiary/aromatic N) is 2. The van der Waals surface area contributed by atoms with E-state index >= 15 is 0 Å². The van der Waals surface area contributed by atoms with Gasteiger partial charge in [0.1, 0.15) is 0 Å². The lowest BCUT2D eigenvalue weighted by Gasteiger charge is -2.13. The second-order valence-corrected chi connectivity index (χ2v) is 5.77. The van der Waals surface area contributed by atoms with E-state index in [2.05, 4.69) is 25.5 Å². The number of anilines is 1. The Morgan fingerprint density at radius 3 is 2.48 bits per heavy atom. The van der Waals surface area contributed by atoms with Gasteiger partial charge >= 0.3 is 0 Å². The lowest BCUT2D eigenvalue weighted by Crippen LogP contribution is -2.38. The van der Waals surface area contributed by atoms with E-state index in [0.717, 1.165) is 36.7 Å². The minimum Gasteiger partial charge on any atom is -0.355 e. The predicted octanol–water partition coefficient (Wildman–Crippen LogP) is 2.59. The van der Waals surface area contributed by atoms with Crippen LogP contribution in [0, 0.1) is 0 Å². The van der Waals surface area contributed by atoms with Crippen LogP contribution in [0.3, 0.4) is 0 Å². The molecule has 1 aromatic carbocycles. The summed E-state index contributed by atoms with van der Waals surface area (Å²) in [5.41, 5.74) is 1.96. The van der Waals surface area contributed by atoms with Gasteiger partial charge in [0.05, 0.1) is 0 Å². The first-order chi connectivity index (χ1) is 12.2. The number of aromatic nitrogens is 1. The Morgan fingerprint density at radius 1 is 1.12 bits per heavy atom. The molecule has 0 aliphatic rings. The number of benzene rings is 1. The first kappa shape index (κ1) is 18.6. The van der Waals surface area contributed by atoms with Gasteiger partial charge in [-0.15, -0.1) is 0 Å². The number of rotatable bonds is 8. The van der Waals surface area contributed by atoms with E-state index in [1.54, 1.807) is 7.05 Å². The van der Waals surface area contributed by atoms with Crippen molar-refractivity contribution < 1.29 is 4.79 Å². The quantitative estimate of drug-likeness (QED) is 0.510. The van der Waals surface area contributed by atoms with Crippen molar-refractivity contribution in [2.75, 3.05) is 18.9 Å². The van der Waals surface area contributed by atoms with Crippen LogP contribution in [0.5, 0.6) is 0 Å². The molecular formula is C19H27N5O. The predicted molar refractivity (Wildman–Crippen MR) is 103 cm³/mol. The maximum Gasteiger partial charge on any atom is 0.224 e. The molecule has 0 saturated heterocycles. The number of hydrogen-bond donors (Lipinski definition) is 3. The minimum absolute atomic E-state index is 0.0562. The second-order valence-electron chi connectivity index (χ2n) is 5.77. The molecule has 25 heavy (non-hydrogen) atoms. The van der Waals surface area contributed by atoms with Gasteiger partial charge in [-0.05, 0) is 36.2 Å². The molecule has 134 valence electrons. The Labute approximate surface area is 149 Å². The topological polar surface area (TPSA) is 70.4 Å². The van der Waals surface area contributed by atoms with Crippen LogP contribution in [0.15, 0.2) is 53.8 Å². The van der Waals surface area contributed by atoms with Gasteiger partial charge in [0.2, 0.25) is 5.91 Å². The number of amides is 1. The summed E-state index contributed by atoms with van der Waals surface area (Å²) in [5, 5.41) is 9.47. The minimum atomic E-state index is 0.0562. The molecule has 2 rings (SSSR count). The van der Waals surface area contributed by atoms with Crippen LogP contribution in [-0.4, -0.2) is 30.0 Å². The van der Waals surface area contributed by atoms with Crippen LogP contribution < -0.4 is 16.0 Å². The van der Waals surface area contributed by atoms with Gasteiger partial charge in [-0.25, -0.2) is 0 Å². The fourth-order valence-electron chi connectivity index (χ4n) is 2.39. The molecule has 0 fully saturated rings. The van der Waals surface area contributed by atoms with Gasteiger partial charge in [0.15, 0.2) is 5.96 Å². The number of guanidine groups is 1. The van der Waals surface area contributed by atoms with E-state index in [9.17, 15) is 4.79 Å². The monoisotopic (exact) mass is 341 g/mol. The molecule has 0 bridgehead atoms. The molecule has 1 aromatic heterocycles. The first-order valence-corrected chi connectivity index (χ1v) is 8.65. The zero-order valence-corrected chi connectivity index (χ0v) is 15.0. The Kier molecular flexibility index (Phi) is 7.56. The van der Waals surface area contributed by atoms with Gasteiger partial charge in [0.25, 0.3) is 0 Å². The molecule has 1 amide bonds. The molecule has 6 nitrogen and oxygen atoms in total. The molecule has 2 aromatic rings. The van der Waals surface area contributed by atoms with E-state index in [0.29, 0.717) is 13.0 Å². The van der Waals surface area contributed by atoms with Crippen molar-refractivity contribution in [2.24, 2.45) is 4.99 Å². The summed E-state index contributed by atoms with van der Waals surface area (Å²) in [4.78, 5) is 15.8. The average molecular weight is 341 g/mol. The lowest BCUT2D eigenvalue weighted by atomic mass is 10.2. The summed E-state index contributed by atoms with van der Waals surface area (Å²) in [5.74, 6) is 0.827. The summed E-state index contributed by atoms with van der Waals surface area (Å²) in [7, 11) is 1.76. The van der Waals surface area contributed by atoms with Gasteiger partial charge in [-0.1, -0.05) is 19.1 Å². The summed E-state index contributed by atoms with van der Waals surface area (Å²) in [6.07, 6.45) is 5.48. The highest BCUT2D eigenvalue weighted by molar-refractivity contribution is 5.90. The van der Waals surface area contributed by atoms with Crippen molar-refractivity contribution in [3.63, 3.8) is 0 Å². The smallest absolute Gasteiger partial charge is 0.224 e.